The van der Waals surface area contributed by atoms with E-state index in [9.17, 15) is 4.79 Å². The van der Waals surface area contributed by atoms with Crippen LogP contribution in [0.1, 0.15) is 24.3 Å². The minimum absolute atomic E-state index is 0.0125. The lowest BCUT2D eigenvalue weighted by atomic mass is 9.97. The molecule has 3 rings (SSSR count). The first kappa shape index (κ1) is 12.0. The van der Waals surface area contributed by atoms with E-state index in [1.54, 1.807) is 12.1 Å². The maximum Gasteiger partial charge on any atom is 0.180 e. The first-order chi connectivity index (χ1) is 9.34. The average molecular weight is 251 g/mol. The SMILES string of the molecule is O=C1C(Oc2cc[c]cc2)CCC1c1ccccc1. The molecule has 2 aromatic carbocycles. The van der Waals surface area contributed by atoms with Crippen LogP contribution in [-0.4, -0.2) is 11.9 Å². The molecule has 1 aliphatic carbocycles. The second kappa shape index (κ2) is 5.27. The number of ether oxygens (including phenoxy) is 1. The van der Waals surface area contributed by atoms with E-state index in [4.69, 9.17) is 4.74 Å². The van der Waals surface area contributed by atoms with E-state index < -0.39 is 0 Å². The highest BCUT2D eigenvalue weighted by molar-refractivity contribution is 5.92. The molecule has 2 nitrogen and oxygen atoms in total. The van der Waals surface area contributed by atoms with Gasteiger partial charge in [-0.05, 0) is 36.6 Å². The number of ketones is 1. The molecule has 0 heterocycles. The Balaban J connectivity index is 1.73. The van der Waals surface area contributed by atoms with Crippen LogP contribution in [-0.2, 0) is 4.79 Å². The third kappa shape index (κ3) is 2.53. The van der Waals surface area contributed by atoms with Gasteiger partial charge in [-0.15, -0.1) is 0 Å². The van der Waals surface area contributed by atoms with Crippen molar-refractivity contribution in [2.45, 2.75) is 24.9 Å². The zero-order valence-electron chi connectivity index (χ0n) is 10.6. The van der Waals surface area contributed by atoms with Crippen LogP contribution in [0.25, 0.3) is 0 Å². The summed E-state index contributed by atoms with van der Waals surface area (Å²) in [6.07, 6.45) is 1.34. The first-order valence-electron chi connectivity index (χ1n) is 6.56. The van der Waals surface area contributed by atoms with Crippen LogP contribution in [0.5, 0.6) is 5.75 Å². The summed E-state index contributed by atoms with van der Waals surface area (Å²) in [4.78, 5) is 12.4. The minimum Gasteiger partial charge on any atom is -0.483 e. The lowest BCUT2D eigenvalue weighted by molar-refractivity contribution is -0.124. The van der Waals surface area contributed by atoms with Crippen molar-refractivity contribution in [3.05, 3.63) is 66.2 Å². The van der Waals surface area contributed by atoms with Crippen molar-refractivity contribution in [1.29, 1.82) is 0 Å². The molecular weight excluding hydrogens is 236 g/mol. The van der Waals surface area contributed by atoms with Crippen molar-refractivity contribution >= 4 is 5.78 Å². The smallest absolute Gasteiger partial charge is 0.180 e. The summed E-state index contributed by atoms with van der Waals surface area (Å²) in [5.74, 6) is 0.923. The summed E-state index contributed by atoms with van der Waals surface area (Å²) >= 11 is 0. The molecule has 1 radical (unpaired) electrons. The maximum absolute atomic E-state index is 12.4. The second-order valence-electron chi connectivity index (χ2n) is 4.79. The number of carbonyl (C=O) groups is 1. The molecule has 0 N–H and O–H groups in total. The quantitative estimate of drug-likeness (QED) is 0.836. The number of hydrogen-bond acceptors (Lipinski definition) is 2. The third-order valence-corrected chi connectivity index (χ3v) is 3.55. The van der Waals surface area contributed by atoms with E-state index >= 15 is 0 Å². The van der Waals surface area contributed by atoms with Crippen molar-refractivity contribution in [3.63, 3.8) is 0 Å². The lowest BCUT2D eigenvalue weighted by Crippen LogP contribution is -2.24. The second-order valence-corrected chi connectivity index (χ2v) is 4.79. The highest BCUT2D eigenvalue weighted by Crippen LogP contribution is 2.33. The molecule has 0 amide bonds. The molecule has 2 atom stereocenters. The molecule has 0 aromatic heterocycles. The van der Waals surface area contributed by atoms with Crippen LogP contribution in [0.2, 0.25) is 0 Å². The zero-order chi connectivity index (χ0) is 13.1. The topological polar surface area (TPSA) is 26.3 Å². The Morgan fingerprint density at radius 1 is 1.00 bits per heavy atom. The van der Waals surface area contributed by atoms with Crippen molar-refractivity contribution in [2.24, 2.45) is 0 Å². The summed E-state index contributed by atoms with van der Waals surface area (Å²) in [5.41, 5.74) is 1.10. The summed E-state index contributed by atoms with van der Waals surface area (Å²) in [5, 5.41) is 0. The normalized spacial score (nSPS) is 22.4. The van der Waals surface area contributed by atoms with Crippen molar-refractivity contribution in [2.75, 3.05) is 0 Å². The van der Waals surface area contributed by atoms with Gasteiger partial charge in [-0.25, -0.2) is 0 Å². The Hall–Kier alpha value is -2.09. The molecule has 0 spiro atoms. The number of rotatable bonds is 3. The molecule has 2 unspecified atom stereocenters. The summed E-state index contributed by atoms with van der Waals surface area (Å²) in [6.45, 7) is 0. The predicted molar refractivity (Wildman–Crippen MR) is 73.1 cm³/mol. The van der Waals surface area contributed by atoms with Crippen LogP contribution >= 0.6 is 0 Å². The monoisotopic (exact) mass is 251 g/mol. The van der Waals surface area contributed by atoms with Gasteiger partial charge in [0.25, 0.3) is 0 Å². The molecule has 1 saturated carbocycles. The summed E-state index contributed by atoms with van der Waals surface area (Å²) in [7, 11) is 0. The molecule has 0 bridgehead atoms. The standard InChI is InChI=1S/C17H15O2/c18-17-15(13-7-3-1-4-8-13)11-12-16(17)19-14-9-5-2-6-10-14/h1,3-10,15-16H,11-12H2. The predicted octanol–water partition coefficient (Wildman–Crippen LogP) is 3.38. The van der Waals surface area contributed by atoms with Gasteiger partial charge in [-0.2, -0.15) is 0 Å². The molecule has 0 aliphatic heterocycles. The van der Waals surface area contributed by atoms with E-state index in [1.165, 1.54) is 0 Å². The fourth-order valence-electron chi connectivity index (χ4n) is 2.57. The van der Waals surface area contributed by atoms with E-state index in [0.29, 0.717) is 0 Å². The minimum atomic E-state index is -0.312. The number of Topliss-reactive ketones (excluding diaryl/α,β-unsaturated/α-hetero) is 1. The van der Waals surface area contributed by atoms with Crippen LogP contribution in [0.3, 0.4) is 0 Å². The van der Waals surface area contributed by atoms with Gasteiger partial charge >= 0.3 is 0 Å². The van der Waals surface area contributed by atoms with Crippen LogP contribution in [0, 0.1) is 6.07 Å². The van der Waals surface area contributed by atoms with Crippen LogP contribution in [0.4, 0.5) is 0 Å². The fraction of sp³-hybridized carbons (Fsp3) is 0.235. The summed E-state index contributed by atoms with van der Waals surface area (Å²) < 4.78 is 5.77. The van der Waals surface area contributed by atoms with Gasteiger partial charge in [-0.3, -0.25) is 4.79 Å². The molecule has 95 valence electrons. The molecule has 2 heteroatoms. The van der Waals surface area contributed by atoms with Gasteiger partial charge in [0.05, 0.1) is 0 Å². The fourth-order valence-corrected chi connectivity index (χ4v) is 2.57. The van der Waals surface area contributed by atoms with Gasteiger partial charge in [0.2, 0.25) is 0 Å². The van der Waals surface area contributed by atoms with E-state index in [-0.39, 0.29) is 17.8 Å². The van der Waals surface area contributed by atoms with Crippen LogP contribution in [0.15, 0.2) is 54.6 Å². The Bertz CT molecular complexity index is 548. The van der Waals surface area contributed by atoms with Crippen molar-refractivity contribution in [1.82, 2.24) is 0 Å². The lowest BCUT2D eigenvalue weighted by Gasteiger charge is -2.13. The zero-order valence-corrected chi connectivity index (χ0v) is 10.6. The maximum atomic E-state index is 12.4. The van der Waals surface area contributed by atoms with Gasteiger partial charge in [-0.1, -0.05) is 42.5 Å². The van der Waals surface area contributed by atoms with Gasteiger partial charge < -0.3 is 4.74 Å². The van der Waals surface area contributed by atoms with Gasteiger partial charge in [0, 0.05) is 5.92 Å². The van der Waals surface area contributed by atoms with Crippen molar-refractivity contribution < 1.29 is 9.53 Å². The van der Waals surface area contributed by atoms with Crippen molar-refractivity contribution in [3.8, 4) is 5.75 Å². The summed E-state index contributed by atoms with van der Waals surface area (Å²) in [6, 6.07) is 20.2. The Morgan fingerprint density at radius 3 is 2.47 bits per heavy atom. The van der Waals surface area contributed by atoms with Gasteiger partial charge in [0.1, 0.15) is 5.75 Å². The number of benzene rings is 2. The Morgan fingerprint density at radius 2 is 1.74 bits per heavy atom. The molecule has 1 fully saturated rings. The molecular formula is C17H15O2. The highest BCUT2D eigenvalue weighted by atomic mass is 16.5. The van der Waals surface area contributed by atoms with Gasteiger partial charge in [0.15, 0.2) is 11.9 Å². The molecule has 2 aromatic rings. The molecule has 1 aliphatic rings. The first-order valence-corrected chi connectivity index (χ1v) is 6.56. The van der Waals surface area contributed by atoms with E-state index in [2.05, 4.69) is 6.07 Å². The van der Waals surface area contributed by atoms with E-state index in [0.717, 1.165) is 24.2 Å². The third-order valence-electron chi connectivity index (χ3n) is 3.55. The largest absolute Gasteiger partial charge is 0.483 e. The average Bonchev–Trinajstić information content (AvgIpc) is 2.82. The Kier molecular flexibility index (Phi) is 3.32. The number of hydrogen-bond donors (Lipinski definition) is 0. The molecule has 19 heavy (non-hydrogen) atoms. The highest BCUT2D eigenvalue weighted by Gasteiger charge is 2.36. The van der Waals surface area contributed by atoms with Crippen LogP contribution < -0.4 is 4.74 Å². The Labute approximate surface area is 113 Å². The number of carbonyl (C=O) groups excluding carboxylic acids is 1. The molecule has 0 saturated heterocycles. The van der Waals surface area contributed by atoms with E-state index in [1.807, 2.05) is 42.5 Å².